The van der Waals surface area contributed by atoms with Crippen molar-refractivity contribution in [1.82, 2.24) is 15.3 Å². The van der Waals surface area contributed by atoms with E-state index in [2.05, 4.69) is 29.1 Å². The number of nitrogens with zero attached hydrogens (tertiary/aromatic N) is 1. The number of hydrogen-bond donors (Lipinski definition) is 2. The van der Waals surface area contributed by atoms with Gasteiger partial charge in [0.25, 0.3) is 0 Å². The average Bonchev–Trinajstić information content (AvgIpc) is 2.69. The van der Waals surface area contributed by atoms with E-state index in [9.17, 15) is 0 Å². The molecule has 2 unspecified atom stereocenters. The van der Waals surface area contributed by atoms with Crippen LogP contribution in [0, 0.1) is 0 Å². The average molecular weight is 197 g/mol. The first-order valence-corrected chi connectivity index (χ1v) is 4.98. The SMILES string of the molecule is COC(C)C(C)NCCc1ncc[nH]1. The first kappa shape index (κ1) is 11.2. The lowest BCUT2D eigenvalue weighted by molar-refractivity contribution is 0.0889. The predicted molar refractivity (Wildman–Crippen MR) is 56.2 cm³/mol. The highest BCUT2D eigenvalue weighted by molar-refractivity contribution is 4.87. The van der Waals surface area contributed by atoms with Crippen LogP contribution in [0.25, 0.3) is 0 Å². The van der Waals surface area contributed by atoms with E-state index < -0.39 is 0 Å². The summed E-state index contributed by atoms with van der Waals surface area (Å²) in [7, 11) is 1.73. The Morgan fingerprint density at radius 2 is 2.36 bits per heavy atom. The molecule has 1 heterocycles. The molecule has 0 aromatic carbocycles. The van der Waals surface area contributed by atoms with Crippen molar-refractivity contribution in [3.05, 3.63) is 18.2 Å². The van der Waals surface area contributed by atoms with E-state index in [0.29, 0.717) is 6.04 Å². The standard InChI is InChI=1S/C10H19N3O/c1-8(9(2)14-3)11-5-4-10-12-6-7-13-10/h6-9,11H,4-5H2,1-3H3,(H,12,13). The van der Waals surface area contributed by atoms with E-state index in [1.807, 2.05) is 6.20 Å². The zero-order chi connectivity index (χ0) is 10.4. The van der Waals surface area contributed by atoms with Crippen LogP contribution in [0.15, 0.2) is 12.4 Å². The van der Waals surface area contributed by atoms with E-state index in [1.54, 1.807) is 13.3 Å². The molecule has 1 aromatic rings. The van der Waals surface area contributed by atoms with Crippen molar-refractivity contribution in [2.24, 2.45) is 0 Å². The molecule has 0 fully saturated rings. The molecule has 0 aliphatic heterocycles. The smallest absolute Gasteiger partial charge is 0.107 e. The van der Waals surface area contributed by atoms with Crippen molar-refractivity contribution in [3.63, 3.8) is 0 Å². The van der Waals surface area contributed by atoms with Crippen molar-refractivity contribution in [2.75, 3.05) is 13.7 Å². The molecular formula is C10H19N3O. The molecule has 1 rings (SSSR count). The zero-order valence-corrected chi connectivity index (χ0v) is 9.08. The van der Waals surface area contributed by atoms with Crippen LogP contribution in [0.2, 0.25) is 0 Å². The van der Waals surface area contributed by atoms with Gasteiger partial charge in [0.2, 0.25) is 0 Å². The topological polar surface area (TPSA) is 49.9 Å². The number of ether oxygens (including phenoxy) is 1. The molecule has 14 heavy (non-hydrogen) atoms. The van der Waals surface area contributed by atoms with Gasteiger partial charge in [0, 0.05) is 38.5 Å². The highest BCUT2D eigenvalue weighted by Gasteiger charge is 2.09. The van der Waals surface area contributed by atoms with E-state index in [4.69, 9.17) is 4.74 Å². The zero-order valence-electron chi connectivity index (χ0n) is 9.08. The second-order valence-electron chi connectivity index (χ2n) is 3.47. The molecule has 4 heteroatoms. The van der Waals surface area contributed by atoms with Gasteiger partial charge in [-0.1, -0.05) is 0 Å². The van der Waals surface area contributed by atoms with Crippen LogP contribution >= 0.6 is 0 Å². The van der Waals surface area contributed by atoms with Gasteiger partial charge in [-0.05, 0) is 13.8 Å². The van der Waals surface area contributed by atoms with Gasteiger partial charge in [0.15, 0.2) is 0 Å². The van der Waals surface area contributed by atoms with E-state index in [1.165, 1.54) is 0 Å². The van der Waals surface area contributed by atoms with Crippen LogP contribution in [0.3, 0.4) is 0 Å². The Morgan fingerprint density at radius 1 is 1.57 bits per heavy atom. The summed E-state index contributed by atoms with van der Waals surface area (Å²) >= 11 is 0. The summed E-state index contributed by atoms with van der Waals surface area (Å²) in [6.07, 6.45) is 4.78. The minimum absolute atomic E-state index is 0.242. The van der Waals surface area contributed by atoms with Gasteiger partial charge in [-0.2, -0.15) is 0 Å². The Morgan fingerprint density at radius 3 is 2.93 bits per heavy atom. The summed E-state index contributed by atoms with van der Waals surface area (Å²) in [5.41, 5.74) is 0. The molecule has 0 aliphatic carbocycles. The van der Waals surface area contributed by atoms with Crippen LogP contribution in [0.5, 0.6) is 0 Å². The first-order chi connectivity index (χ1) is 6.74. The minimum atomic E-state index is 0.242. The summed E-state index contributed by atoms with van der Waals surface area (Å²) in [6.45, 7) is 5.10. The van der Waals surface area contributed by atoms with Crippen molar-refractivity contribution >= 4 is 0 Å². The number of aromatic nitrogens is 2. The summed E-state index contributed by atoms with van der Waals surface area (Å²) in [4.78, 5) is 7.22. The summed E-state index contributed by atoms with van der Waals surface area (Å²) < 4.78 is 5.21. The second-order valence-corrected chi connectivity index (χ2v) is 3.47. The van der Waals surface area contributed by atoms with Crippen LogP contribution in [-0.2, 0) is 11.2 Å². The molecule has 0 aliphatic rings. The summed E-state index contributed by atoms with van der Waals surface area (Å²) in [6, 6.07) is 0.370. The molecule has 0 bridgehead atoms. The molecule has 0 radical (unpaired) electrons. The molecule has 0 saturated heterocycles. The maximum atomic E-state index is 5.21. The minimum Gasteiger partial charge on any atom is -0.380 e. The third kappa shape index (κ3) is 3.47. The summed E-state index contributed by atoms with van der Waals surface area (Å²) in [5.74, 6) is 1.02. The molecule has 2 N–H and O–H groups in total. The molecule has 2 atom stereocenters. The fraction of sp³-hybridized carbons (Fsp3) is 0.700. The lowest BCUT2D eigenvalue weighted by Crippen LogP contribution is -2.37. The number of nitrogens with one attached hydrogen (secondary N) is 2. The molecule has 0 saturated carbocycles. The molecule has 1 aromatic heterocycles. The van der Waals surface area contributed by atoms with Gasteiger partial charge < -0.3 is 15.0 Å². The number of hydrogen-bond acceptors (Lipinski definition) is 3. The second kappa shape index (κ2) is 5.78. The van der Waals surface area contributed by atoms with E-state index >= 15 is 0 Å². The number of rotatable bonds is 6. The lowest BCUT2D eigenvalue weighted by atomic mass is 10.2. The monoisotopic (exact) mass is 197 g/mol. The highest BCUT2D eigenvalue weighted by atomic mass is 16.5. The first-order valence-electron chi connectivity index (χ1n) is 4.98. The van der Waals surface area contributed by atoms with Crippen molar-refractivity contribution in [1.29, 1.82) is 0 Å². The van der Waals surface area contributed by atoms with Gasteiger partial charge in [-0.15, -0.1) is 0 Å². The molecule has 80 valence electrons. The number of aromatic amines is 1. The van der Waals surface area contributed by atoms with Crippen molar-refractivity contribution in [3.8, 4) is 0 Å². The third-order valence-electron chi connectivity index (χ3n) is 2.46. The third-order valence-corrected chi connectivity index (χ3v) is 2.46. The van der Waals surface area contributed by atoms with Crippen molar-refractivity contribution in [2.45, 2.75) is 32.4 Å². The van der Waals surface area contributed by atoms with E-state index in [-0.39, 0.29) is 6.10 Å². The molecular weight excluding hydrogens is 178 g/mol. The Balaban J connectivity index is 2.15. The quantitative estimate of drug-likeness (QED) is 0.714. The van der Waals surface area contributed by atoms with Gasteiger partial charge >= 0.3 is 0 Å². The number of methoxy groups -OCH3 is 1. The lowest BCUT2D eigenvalue weighted by Gasteiger charge is -2.19. The van der Waals surface area contributed by atoms with Crippen molar-refractivity contribution < 1.29 is 4.74 Å². The van der Waals surface area contributed by atoms with Crippen LogP contribution < -0.4 is 5.32 Å². The van der Waals surface area contributed by atoms with Gasteiger partial charge in [-0.25, -0.2) is 4.98 Å². The van der Waals surface area contributed by atoms with Gasteiger partial charge in [0.1, 0.15) is 5.82 Å². The Hall–Kier alpha value is -0.870. The molecule has 0 spiro atoms. The Labute approximate surface area is 85.1 Å². The van der Waals surface area contributed by atoms with Gasteiger partial charge in [-0.3, -0.25) is 0 Å². The number of H-pyrrole nitrogens is 1. The van der Waals surface area contributed by atoms with Crippen LogP contribution in [-0.4, -0.2) is 35.8 Å². The van der Waals surface area contributed by atoms with Gasteiger partial charge in [0.05, 0.1) is 6.10 Å². The molecule has 4 nitrogen and oxygen atoms in total. The van der Waals surface area contributed by atoms with E-state index in [0.717, 1.165) is 18.8 Å². The largest absolute Gasteiger partial charge is 0.380 e. The summed E-state index contributed by atoms with van der Waals surface area (Å²) in [5, 5.41) is 3.39. The maximum absolute atomic E-state index is 5.21. The fourth-order valence-corrected chi connectivity index (χ4v) is 1.22. The molecule has 0 amide bonds. The Bertz CT molecular complexity index is 236. The Kier molecular flexibility index (Phi) is 4.62. The predicted octanol–water partition coefficient (Wildman–Crippen LogP) is 0.965. The highest BCUT2D eigenvalue weighted by Crippen LogP contribution is 1.96. The fourth-order valence-electron chi connectivity index (χ4n) is 1.22. The number of imidazole rings is 1. The van der Waals surface area contributed by atoms with Crippen LogP contribution in [0.1, 0.15) is 19.7 Å². The normalized spacial score (nSPS) is 15.4. The maximum Gasteiger partial charge on any atom is 0.107 e. The van der Waals surface area contributed by atoms with Crippen LogP contribution in [0.4, 0.5) is 0 Å².